The summed E-state index contributed by atoms with van der Waals surface area (Å²) in [6, 6.07) is 0. The molecule has 0 saturated carbocycles. The topological polar surface area (TPSA) is 9.23 Å². The van der Waals surface area contributed by atoms with E-state index in [4.69, 9.17) is 4.74 Å². The van der Waals surface area contributed by atoms with E-state index < -0.39 is 0 Å². The smallest absolute Gasteiger partial charge is 0.0466 e. The normalized spacial score (nSPS) is 10.9. The van der Waals surface area contributed by atoms with Gasteiger partial charge in [0.2, 0.25) is 0 Å². The molecule has 104 valence electrons. The average Bonchev–Trinajstić information content (AvgIpc) is 2.35. The summed E-state index contributed by atoms with van der Waals surface area (Å²) < 4.78 is 5.63. The molecule has 0 aromatic heterocycles. The molecular weight excluding hydrogens is 208 g/mol. The van der Waals surface area contributed by atoms with E-state index >= 15 is 0 Å². The second-order valence-electron chi connectivity index (χ2n) is 5.15. The minimum Gasteiger partial charge on any atom is -0.381 e. The van der Waals surface area contributed by atoms with Gasteiger partial charge >= 0.3 is 0 Å². The maximum absolute atomic E-state index is 5.63. The first-order valence-corrected chi connectivity index (χ1v) is 7.99. The Morgan fingerprint density at radius 1 is 0.471 bits per heavy atom. The molecule has 0 radical (unpaired) electrons. The van der Waals surface area contributed by atoms with E-state index in [1.165, 1.54) is 77.0 Å². The zero-order valence-electron chi connectivity index (χ0n) is 12.3. The van der Waals surface area contributed by atoms with Crippen LogP contribution in [0.2, 0.25) is 0 Å². The molecule has 0 aliphatic carbocycles. The van der Waals surface area contributed by atoms with Crippen molar-refractivity contribution in [3.63, 3.8) is 0 Å². The van der Waals surface area contributed by atoms with Gasteiger partial charge in [-0.15, -0.1) is 0 Å². The number of rotatable bonds is 14. The minimum absolute atomic E-state index is 0.983. The summed E-state index contributed by atoms with van der Waals surface area (Å²) in [7, 11) is 0. The van der Waals surface area contributed by atoms with E-state index in [-0.39, 0.29) is 0 Å². The average molecular weight is 242 g/mol. The molecule has 1 heteroatoms. The largest absolute Gasteiger partial charge is 0.381 e. The van der Waals surface area contributed by atoms with Gasteiger partial charge in [0.05, 0.1) is 0 Å². The first-order valence-electron chi connectivity index (χ1n) is 7.99. The quantitative estimate of drug-likeness (QED) is 0.354. The van der Waals surface area contributed by atoms with Gasteiger partial charge in [-0.25, -0.2) is 0 Å². The Hall–Kier alpha value is -0.0400. The lowest BCUT2D eigenvalue weighted by molar-refractivity contribution is 0.125. The Morgan fingerprint density at radius 2 is 0.824 bits per heavy atom. The van der Waals surface area contributed by atoms with Gasteiger partial charge < -0.3 is 4.74 Å². The van der Waals surface area contributed by atoms with Crippen LogP contribution in [0, 0.1) is 0 Å². The highest BCUT2D eigenvalue weighted by molar-refractivity contribution is 4.46. The summed E-state index contributed by atoms with van der Waals surface area (Å²) in [5, 5.41) is 0. The first-order chi connectivity index (χ1) is 8.41. The van der Waals surface area contributed by atoms with Crippen molar-refractivity contribution >= 4 is 0 Å². The standard InChI is InChI=1S/C16H34O/c1-3-5-7-9-10-11-12-14-16-17-15-13-8-6-4-2/h3-16H2,1-2H3. The van der Waals surface area contributed by atoms with E-state index in [0.717, 1.165) is 13.2 Å². The monoisotopic (exact) mass is 242 g/mol. The summed E-state index contributed by atoms with van der Waals surface area (Å²) in [6.07, 6.45) is 16.4. The van der Waals surface area contributed by atoms with Crippen molar-refractivity contribution in [2.45, 2.75) is 90.9 Å². The molecule has 0 aromatic rings. The third kappa shape index (κ3) is 16.0. The van der Waals surface area contributed by atoms with E-state index in [1.54, 1.807) is 0 Å². The Bertz CT molecular complexity index is 109. The molecule has 0 unspecified atom stereocenters. The maximum atomic E-state index is 5.63. The molecule has 0 atom stereocenters. The number of hydrogen-bond donors (Lipinski definition) is 0. The molecule has 0 aromatic carbocycles. The fourth-order valence-corrected chi connectivity index (χ4v) is 2.07. The number of unbranched alkanes of at least 4 members (excludes halogenated alkanes) is 10. The van der Waals surface area contributed by atoms with E-state index in [2.05, 4.69) is 13.8 Å². The molecule has 0 N–H and O–H groups in total. The van der Waals surface area contributed by atoms with Crippen LogP contribution in [0.3, 0.4) is 0 Å². The zero-order chi connectivity index (χ0) is 12.6. The fourth-order valence-electron chi connectivity index (χ4n) is 2.07. The van der Waals surface area contributed by atoms with E-state index in [9.17, 15) is 0 Å². The lowest BCUT2D eigenvalue weighted by atomic mass is 10.1. The van der Waals surface area contributed by atoms with Gasteiger partial charge in [-0.3, -0.25) is 0 Å². The molecule has 0 aliphatic rings. The van der Waals surface area contributed by atoms with Crippen LogP contribution in [0.4, 0.5) is 0 Å². The van der Waals surface area contributed by atoms with Crippen LogP contribution in [0.1, 0.15) is 90.9 Å². The van der Waals surface area contributed by atoms with Crippen molar-refractivity contribution in [2.24, 2.45) is 0 Å². The second-order valence-corrected chi connectivity index (χ2v) is 5.15. The second kappa shape index (κ2) is 16.0. The fraction of sp³-hybridized carbons (Fsp3) is 1.00. The minimum atomic E-state index is 0.983. The molecule has 1 nitrogen and oxygen atoms in total. The maximum Gasteiger partial charge on any atom is 0.0466 e. The molecule has 0 bridgehead atoms. The van der Waals surface area contributed by atoms with Crippen molar-refractivity contribution < 1.29 is 4.74 Å². The number of ether oxygens (including phenoxy) is 1. The third-order valence-corrected chi connectivity index (χ3v) is 3.28. The highest BCUT2D eigenvalue weighted by atomic mass is 16.5. The Morgan fingerprint density at radius 3 is 1.29 bits per heavy atom. The first kappa shape index (κ1) is 17.0. The molecule has 0 amide bonds. The molecule has 0 rings (SSSR count). The summed E-state index contributed by atoms with van der Waals surface area (Å²) >= 11 is 0. The van der Waals surface area contributed by atoms with Crippen LogP contribution in [-0.2, 0) is 4.74 Å². The summed E-state index contributed by atoms with van der Waals surface area (Å²) in [5.74, 6) is 0. The third-order valence-electron chi connectivity index (χ3n) is 3.28. The predicted octanol–water partition coefficient (Wildman–Crippen LogP) is 5.72. The van der Waals surface area contributed by atoms with Crippen molar-refractivity contribution in [3.8, 4) is 0 Å². The van der Waals surface area contributed by atoms with Gasteiger partial charge in [-0.05, 0) is 12.8 Å². The van der Waals surface area contributed by atoms with Gasteiger partial charge in [0.1, 0.15) is 0 Å². The summed E-state index contributed by atoms with van der Waals surface area (Å²) in [4.78, 5) is 0. The molecule has 0 fully saturated rings. The van der Waals surface area contributed by atoms with Crippen LogP contribution in [0.15, 0.2) is 0 Å². The van der Waals surface area contributed by atoms with Crippen LogP contribution in [0.5, 0.6) is 0 Å². The van der Waals surface area contributed by atoms with Crippen LogP contribution >= 0.6 is 0 Å². The van der Waals surface area contributed by atoms with Gasteiger partial charge in [0.25, 0.3) is 0 Å². The lowest BCUT2D eigenvalue weighted by Gasteiger charge is -2.04. The van der Waals surface area contributed by atoms with Crippen molar-refractivity contribution in [1.29, 1.82) is 0 Å². The van der Waals surface area contributed by atoms with Crippen LogP contribution in [0.25, 0.3) is 0 Å². The van der Waals surface area contributed by atoms with E-state index in [1.807, 2.05) is 0 Å². The van der Waals surface area contributed by atoms with Crippen molar-refractivity contribution in [3.05, 3.63) is 0 Å². The van der Waals surface area contributed by atoms with Gasteiger partial charge in [0, 0.05) is 13.2 Å². The Labute approximate surface area is 109 Å². The SMILES string of the molecule is CCCCCCCCCCOCCCCCC. The van der Waals surface area contributed by atoms with Gasteiger partial charge in [-0.2, -0.15) is 0 Å². The highest BCUT2D eigenvalue weighted by Crippen LogP contribution is 2.08. The predicted molar refractivity (Wildman–Crippen MR) is 77.6 cm³/mol. The van der Waals surface area contributed by atoms with Gasteiger partial charge in [0.15, 0.2) is 0 Å². The van der Waals surface area contributed by atoms with E-state index in [0.29, 0.717) is 0 Å². The Kier molecular flexibility index (Phi) is 15.9. The molecule has 0 saturated heterocycles. The highest BCUT2D eigenvalue weighted by Gasteiger charge is 1.92. The molecule has 0 heterocycles. The van der Waals surface area contributed by atoms with Crippen LogP contribution < -0.4 is 0 Å². The van der Waals surface area contributed by atoms with Gasteiger partial charge in [-0.1, -0.05) is 78.1 Å². The van der Waals surface area contributed by atoms with Crippen molar-refractivity contribution in [2.75, 3.05) is 13.2 Å². The zero-order valence-corrected chi connectivity index (χ0v) is 12.3. The van der Waals surface area contributed by atoms with Crippen molar-refractivity contribution in [1.82, 2.24) is 0 Å². The number of hydrogen-bond acceptors (Lipinski definition) is 1. The molecule has 17 heavy (non-hydrogen) atoms. The molecule has 0 aliphatic heterocycles. The lowest BCUT2D eigenvalue weighted by Crippen LogP contribution is -1.97. The summed E-state index contributed by atoms with van der Waals surface area (Å²) in [5.41, 5.74) is 0. The molecular formula is C16H34O. The Balaban J connectivity index is 2.85. The summed E-state index contributed by atoms with van der Waals surface area (Å²) in [6.45, 7) is 6.50. The molecule has 0 spiro atoms. The van der Waals surface area contributed by atoms with Crippen LogP contribution in [-0.4, -0.2) is 13.2 Å².